The number of rotatable bonds is 3. The zero-order valence-corrected chi connectivity index (χ0v) is 11.8. The highest BCUT2D eigenvalue weighted by molar-refractivity contribution is 5.81. The lowest BCUT2D eigenvalue weighted by Gasteiger charge is -2.09. The van der Waals surface area contributed by atoms with Crippen molar-refractivity contribution >= 4 is 16.7 Å². The fourth-order valence-electron chi connectivity index (χ4n) is 2.13. The first-order chi connectivity index (χ1) is 10.2. The van der Waals surface area contributed by atoms with Crippen LogP contribution in [0.3, 0.4) is 0 Å². The summed E-state index contributed by atoms with van der Waals surface area (Å²) in [5, 5.41) is 0. The van der Waals surface area contributed by atoms with Gasteiger partial charge in [-0.1, -0.05) is 12.1 Å². The van der Waals surface area contributed by atoms with Gasteiger partial charge in [-0.05, 0) is 12.1 Å². The number of ether oxygens (including phenoxy) is 2. The quantitative estimate of drug-likeness (QED) is 0.747. The number of fused-ring (bicyclic) bond motifs is 1. The zero-order chi connectivity index (χ0) is 14.8. The van der Waals surface area contributed by atoms with Crippen LogP contribution < -0.4 is 15.2 Å². The molecule has 2 aromatic carbocycles. The molecule has 0 saturated carbocycles. The molecule has 3 rings (SSSR count). The fourth-order valence-corrected chi connectivity index (χ4v) is 2.13. The van der Waals surface area contributed by atoms with Crippen molar-refractivity contribution in [3.63, 3.8) is 0 Å². The summed E-state index contributed by atoms with van der Waals surface area (Å²) in [4.78, 5) is 9.05. The summed E-state index contributed by atoms with van der Waals surface area (Å²) in [6.07, 6.45) is 1.74. The second kappa shape index (κ2) is 5.28. The van der Waals surface area contributed by atoms with Crippen molar-refractivity contribution in [1.82, 2.24) is 9.97 Å². The van der Waals surface area contributed by atoms with E-state index >= 15 is 0 Å². The van der Waals surface area contributed by atoms with Crippen LogP contribution in [0.25, 0.3) is 22.3 Å². The Bertz CT molecular complexity index is 785. The molecule has 0 aliphatic heterocycles. The summed E-state index contributed by atoms with van der Waals surface area (Å²) in [6.45, 7) is 0. The minimum atomic E-state index is 0.633. The molecule has 3 aromatic rings. The lowest BCUT2D eigenvalue weighted by Crippen LogP contribution is -1.94. The summed E-state index contributed by atoms with van der Waals surface area (Å²) < 4.78 is 10.6. The fraction of sp³-hybridized carbons (Fsp3) is 0.125. The number of nitrogens with zero attached hydrogens (tertiary/aromatic N) is 2. The Kier molecular flexibility index (Phi) is 3.31. The first kappa shape index (κ1) is 13.2. The monoisotopic (exact) mass is 281 g/mol. The number of nitrogens with two attached hydrogens (primary N) is 1. The van der Waals surface area contributed by atoms with Gasteiger partial charge < -0.3 is 15.2 Å². The van der Waals surface area contributed by atoms with Gasteiger partial charge in [0.15, 0.2) is 11.5 Å². The summed E-state index contributed by atoms with van der Waals surface area (Å²) >= 11 is 0. The van der Waals surface area contributed by atoms with Crippen LogP contribution in [0.1, 0.15) is 0 Å². The van der Waals surface area contributed by atoms with E-state index in [0.29, 0.717) is 11.5 Å². The van der Waals surface area contributed by atoms with Gasteiger partial charge >= 0.3 is 0 Å². The van der Waals surface area contributed by atoms with E-state index in [-0.39, 0.29) is 0 Å². The van der Waals surface area contributed by atoms with Gasteiger partial charge in [-0.3, -0.25) is 4.98 Å². The molecule has 5 nitrogen and oxygen atoms in total. The molecule has 106 valence electrons. The van der Waals surface area contributed by atoms with E-state index in [1.54, 1.807) is 20.4 Å². The highest BCUT2D eigenvalue weighted by Crippen LogP contribution is 2.31. The largest absolute Gasteiger partial charge is 0.493 e. The van der Waals surface area contributed by atoms with Crippen molar-refractivity contribution in [2.45, 2.75) is 0 Å². The van der Waals surface area contributed by atoms with Crippen molar-refractivity contribution in [2.75, 3.05) is 20.0 Å². The first-order valence-electron chi connectivity index (χ1n) is 6.46. The van der Waals surface area contributed by atoms with Crippen LogP contribution in [0.15, 0.2) is 42.6 Å². The van der Waals surface area contributed by atoms with Crippen LogP contribution in [0.5, 0.6) is 11.5 Å². The average Bonchev–Trinajstić information content (AvgIpc) is 2.53. The van der Waals surface area contributed by atoms with Gasteiger partial charge in [0.05, 0.1) is 37.1 Å². The standard InChI is InChI=1S/C16H15N3O2/c1-20-15-7-12-13(8-16(15)21-2)19-14(9-18-12)10-3-5-11(17)6-4-10/h3-9H,17H2,1-2H3. The smallest absolute Gasteiger partial charge is 0.163 e. The SMILES string of the molecule is COc1cc2ncc(-c3ccc(N)cc3)nc2cc1OC. The van der Waals surface area contributed by atoms with Crippen LogP contribution in [-0.2, 0) is 0 Å². The average molecular weight is 281 g/mol. The molecule has 0 bridgehead atoms. The Hall–Kier alpha value is -2.82. The number of methoxy groups -OCH3 is 2. The molecule has 0 fully saturated rings. The van der Waals surface area contributed by atoms with Crippen LogP contribution >= 0.6 is 0 Å². The summed E-state index contributed by atoms with van der Waals surface area (Å²) in [5.41, 5.74) is 9.68. The van der Waals surface area contributed by atoms with Gasteiger partial charge in [-0.15, -0.1) is 0 Å². The zero-order valence-electron chi connectivity index (χ0n) is 11.8. The molecule has 1 aromatic heterocycles. The molecule has 0 amide bonds. The third-order valence-electron chi connectivity index (χ3n) is 3.25. The maximum absolute atomic E-state index is 5.70. The molecule has 2 N–H and O–H groups in total. The van der Waals surface area contributed by atoms with Crippen LogP contribution in [0.2, 0.25) is 0 Å². The van der Waals surface area contributed by atoms with Crippen molar-refractivity contribution < 1.29 is 9.47 Å². The van der Waals surface area contributed by atoms with Crippen LogP contribution in [0.4, 0.5) is 5.69 Å². The summed E-state index contributed by atoms with van der Waals surface area (Å²) in [6, 6.07) is 11.2. The molecule has 0 aliphatic rings. The van der Waals surface area contributed by atoms with E-state index in [0.717, 1.165) is 28.0 Å². The Balaban J connectivity index is 2.13. The third kappa shape index (κ3) is 2.45. The maximum Gasteiger partial charge on any atom is 0.163 e. The molecular formula is C16H15N3O2. The van der Waals surface area contributed by atoms with Crippen LogP contribution in [-0.4, -0.2) is 24.2 Å². The second-order valence-electron chi connectivity index (χ2n) is 4.57. The van der Waals surface area contributed by atoms with E-state index < -0.39 is 0 Å². The molecule has 5 heteroatoms. The number of hydrogen-bond donors (Lipinski definition) is 1. The minimum Gasteiger partial charge on any atom is -0.493 e. The maximum atomic E-state index is 5.70. The predicted molar refractivity (Wildman–Crippen MR) is 82.5 cm³/mol. The number of anilines is 1. The molecule has 1 heterocycles. The van der Waals surface area contributed by atoms with Gasteiger partial charge in [-0.25, -0.2) is 4.98 Å². The molecule has 0 unspecified atom stereocenters. The van der Waals surface area contributed by atoms with Gasteiger partial charge in [0, 0.05) is 23.4 Å². The van der Waals surface area contributed by atoms with Gasteiger partial charge in [-0.2, -0.15) is 0 Å². The Morgan fingerprint density at radius 3 is 2.14 bits per heavy atom. The first-order valence-corrected chi connectivity index (χ1v) is 6.46. The second-order valence-corrected chi connectivity index (χ2v) is 4.57. The summed E-state index contributed by atoms with van der Waals surface area (Å²) in [5.74, 6) is 1.27. The molecule has 0 spiro atoms. The summed E-state index contributed by atoms with van der Waals surface area (Å²) in [7, 11) is 3.20. The van der Waals surface area contributed by atoms with E-state index in [2.05, 4.69) is 9.97 Å². The Labute approximate surface area is 122 Å². The molecule has 0 atom stereocenters. The predicted octanol–water partition coefficient (Wildman–Crippen LogP) is 2.90. The van der Waals surface area contributed by atoms with Gasteiger partial charge in [0.2, 0.25) is 0 Å². The van der Waals surface area contributed by atoms with Crippen molar-refractivity contribution in [3.8, 4) is 22.8 Å². The Morgan fingerprint density at radius 2 is 1.52 bits per heavy atom. The van der Waals surface area contributed by atoms with Crippen molar-refractivity contribution in [2.24, 2.45) is 0 Å². The van der Waals surface area contributed by atoms with Crippen molar-refractivity contribution in [3.05, 3.63) is 42.6 Å². The lowest BCUT2D eigenvalue weighted by molar-refractivity contribution is 0.355. The Morgan fingerprint density at radius 1 is 0.905 bits per heavy atom. The van der Waals surface area contributed by atoms with Gasteiger partial charge in [0.1, 0.15) is 0 Å². The normalized spacial score (nSPS) is 10.6. The van der Waals surface area contributed by atoms with E-state index in [1.165, 1.54) is 0 Å². The highest BCUT2D eigenvalue weighted by atomic mass is 16.5. The number of hydrogen-bond acceptors (Lipinski definition) is 5. The minimum absolute atomic E-state index is 0.633. The number of nitrogen functional groups attached to an aromatic ring is 1. The lowest BCUT2D eigenvalue weighted by atomic mass is 10.1. The van der Waals surface area contributed by atoms with E-state index in [1.807, 2.05) is 36.4 Å². The third-order valence-corrected chi connectivity index (χ3v) is 3.25. The molecular weight excluding hydrogens is 266 g/mol. The van der Waals surface area contributed by atoms with Crippen molar-refractivity contribution in [1.29, 1.82) is 0 Å². The molecule has 0 saturated heterocycles. The van der Waals surface area contributed by atoms with E-state index in [9.17, 15) is 0 Å². The molecule has 0 radical (unpaired) electrons. The molecule has 0 aliphatic carbocycles. The van der Waals surface area contributed by atoms with E-state index in [4.69, 9.17) is 15.2 Å². The number of benzene rings is 2. The highest BCUT2D eigenvalue weighted by Gasteiger charge is 2.09. The topological polar surface area (TPSA) is 70.3 Å². The van der Waals surface area contributed by atoms with Crippen LogP contribution in [0, 0.1) is 0 Å². The number of aromatic nitrogens is 2. The molecule has 21 heavy (non-hydrogen) atoms. The van der Waals surface area contributed by atoms with Gasteiger partial charge in [0.25, 0.3) is 0 Å².